The number of esters is 1. The summed E-state index contributed by atoms with van der Waals surface area (Å²) in [6.45, 7) is 5.25. The average Bonchev–Trinajstić information content (AvgIpc) is 3.33. The SMILES string of the molecule is CCCOc1ccc(-c2cc(-c3ccc(C(=O)OC)cc3)[nH]n2)cc1C1(C)CCCCC1. The van der Waals surface area contributed by atoms with Crippen molar-refractivity contribution in [2.24, 2.45) is 0 Å². The first kappa shape index (κ1) is 22.1. The van der Waals surface area contributed by atoms with Gasteiger partial charge in [-0.3, -0.25) is 5.10 Å². The minimum absolute atomic E-state index is 0.139. The second-order valence-electron chi connectivity index (χ2n) is 8.92. The third-order valence-corrected chi connectivity index (χ3v) is 6.54. The summed E-state index contributed by atoms with van der Waals surface area (Å²) >= 11 is 0. The maximum atomic E-state index is 11.7. The molecule has 0 unspecified atom stereocenters. The number of carbonyl (C=O) groups is 1. The lowest BCUT2D eigenvalue weighted by Gasteiger charge is -2.35. The quantitative estimate of drug-likeness (QED) is 0.431. The highest BCUT2D eigenvalue weighted by Crippen LogP contribution is 2.44. The van der Waals surface area contributed by atoms with E-state index in [1.165, 1.54) is 44.8 Å². The largest absolute Gasteiger partial charge is 0.493 e. The van der Waals surface area contributed by atoms with Crippen molar-refractivity contribution in [2.75, 3.05) is 13.7 Å². The van der Waals surface area contributed by atoms with Crippen molar-refractivity contribution in [1.29, 1.82) is 0 Å². The van der Waals surface area contributed by atoms with Crippen LogP contribution in [0.3, 0.4) is 0 Å². The molecule has 2 aromatic carbocycles. The van der Waals surface area contributed by atoms with Crippen molar-refractivity contribution < 1.29 is 14.3 Å². The Bertz CT molecular complexity index is 1060. The standard InChI is InChI=1S/C27H32N2O3/c1-4-16-32-25-13-12-21(17-22(25)27(2)14-6-5-7-15-27)24-18-23(28-29-24)19-8-10-20(11-9-19)26(30)31-3/h8-13,17-18H,4-7,14-16H2,1-3H3,(H,28,29). The van der Waals surface area contributed by atoms with Gasteiger partial charge in [0, 0.05) is 11.1 Å². The van der Waals surface area contributed by atoms with E-state index in [2.05, 4.69) is 48.3 Å². The molecule has 1 saturated carbocycles. The summed E-state index contributed by atoms with van der Waals surface area (Å²) < 4.78 is 10.9. The number of ether oxygens (including phenoxy) is 2. The van der Waals surface area contributed by atoms with E-state index in [9.17, 15) is 4.79 Å². The number of carbonyl (C=O) groups excluding carboxylic acids is 1. The molecule has 1 aromatic heterocycles. The molecule has 1 aliphatic rings. The number of nitrogens with one attached hydrogen (secondary N) is 1. The molecule has 1 aliphatic carbocycles. The van der Waals surface area contributed by atoms with Crippen molar-refractivity contribution >= 4 is 5.97 Å². The highest BCUT2D eigenvalue weighted by atomic mass is 16.5. The molecule has 5 heteroatoms. The van der Waals surface area contributed by atoms with Crippen molar-refractivity contribution in [3.05, 3.63) is 59.7 Å². The lowest BCUT2D eigenvalue weighted by molar-refractivity contribution is 0.0600. The van der Waals surface area contributed by atoms with Crippen LogP contribution in [0.1, 0.15) is 68.3 Å². The first-order valence-corrected chi connectivity index (χ1v) is 11.6. The van der Waals surface area contributed by atoms with Gasteiger partial charge in [0.15, 0.2) is 0 Å². The van der Waals surface area contributed by atoms with Crippen LogP contribution in [-0.2, 0) is 10.2 Å². The van der Waals surface area contributed by atoms with Crippen LogP contribution in [0.4, 0.5) is 0 Å². The summed E-state index contributed by atoms with van der Waals surface area (Å²) in [4.78, 5) is 11.7. The second-order valence-corrected chi connectivity index (χ2v) is 8.92. The smallest absolute Gasteiger partial charge is 0.337 e. The fourth-order valence-corrected chi connectivity index (χ4v) is 4.62. The van der Waals surface area contributed by atoms with Gasteiger partial charge >= 0.3 is 5.97 Å². The molecule has 0 atom stereocenters. The minimum Gasteiger partial charge on any atom is -0.493 e. The van der Waals surface area contributed by atoms with E-state index in [0.717, 1.165) is 41.3 Å². The third kappa shape index (κ3) is 4.57. The topological polar surface area (TPSA) is 64.2 Å². The second kappa shape index (κ2) is 9.60. The molecule has 168 valence electrons. The van der Waals surface area contributed by atoms with Crippen molar-refractivity contribution in [1.82, 2.24) is 10.2 Å². The van der Waals surface area contributed by atoms with Gasteiger partial charge in [-0.05, 0) is 66.6 Å². The molecular weight excluding hydrogens is 400 g/mol. The van der Waals surface area contributed by atoms with E-state index in [1.54, 1.807) is 12.1 Å². The molecule has 1 fully saturated rings. The van der Waals surface area contributed by atoms with E-state index in [-0.39, 0.29) is 11.4 Å². The molecule has 1 heterocycles. The number of benzene rings is 2. The predicted octanol–water partition coefficient (Wildman–Crippen LogP) is 6.54. The zero-order valence-corrected chi connectivity index (χ0v) is 19.2. The van der Waals surface area contributed by atoms with Crippen LogP contribution in [0.25, 0.3) is 22.5 Å². The van der Waals surface area contributed by atoms with E-state index in [1.807, 2.05) is 12.1 Å². The zero-order chi connectivity index (χ0) is 22.6. The molecular formula is C27H32N2O3. The number of rotatable bonds is 7. The van der Waals surface area contributed by atoms with Crippen molar-refractivity contribution in [2.45, 2.75) is 57.8 Å². The molecule has 0 spiro atoms. The minimum atomic E-state index is -0.337. The third-order valence-electron chi connectivity index (χ3n) is 6.54. The summed E-state index contributed by atoms with van der Waals surface area (Å²) in [6, 6.07) is 15.9. The Morgan fingerprint density at radius 2 is 1.75 bits per heavy atom. The molecule has 4 rings (SSSR count). The number of H-pyrrole nitrogens is 1. The lowest BCUT2D eigenvalue weighted by atomic mass is 9.70. The number of aromatic amines is 1. The van der Waals surface area contributed by atoms with Crippen LogP contribution in [0.2, 0.25) is 0 Å². The van der Waals surface area contributed by atoms with Crippen molar-refractivity contribution in [3.63, 3.8) is 0 Å². The van der Waals surface area contributed by atoms with Crippen LogP contribution < -0.4 is 4.74 Å². The normalized spacial score (nSPS) is 15.3. The number of methoxy groups -OCH3 is 1. The Morgan fingerprint density at radius 3 is 2.44 bits per heavy atom. The first-order valence-electron chi connectivity index (χ1n) is 11.6. The number of hydrogen-bond donors (Lipinski definition) is 1. The van der Waals surface area contributed by atoms with Gasteiger partial charge in [0.2, 0.25) is 0 Å². The Kier molecular flexibility index (Phi) is 6.63. The number of aromatic nitrogens is 2. The monoisotopic (exact) mass is 432 g/mol. The van der Waals surface area contributed by atoms with Gasteiger partial charge in [-0.2, -0.15) is 5.10 Å². The average molecular weight is 433 g/mol. The highest BCUT2D eigenvalue weighted by Gasteiger charge is 2.32. The van der Waals surface area contributed by atoms with Crippen LogP contribution >= 0.6 is 0 Å². The summed E-state index contributed by atoms with van der Waals surface area (Å²) in [5.41, 5.74) is 5.84. The van der Waals surface area contributed by atoms with Crippen LogP contribution in [0, 0.1) is 0 Å². The van der Waals surface area contributed by atoms with Gasteiger partial charge in [-0.15, -0.1) is 0 Å². The van der Waals surface area contributed by atoms with Crippen LogP contribution in [0.15, 0.2) is 48.5 Å². The van der Waals surface area contributed by atoms with Crippen LogP contribution in [-0.4, -0.2) is 29.9 Å². The van der Waals surface area contributed by atoms with E-state index in [4.69, 9.17) is 9.47 Å². The predicted molar refractivity (Wildman–Crippen MR) is 127 cm³/mol. The molecule has 0 amide bonds. The molecule has 1 N–H and O–H groups in total. The lowest BCUT2D eigenvalue weighted by Crippen LogP contribution is -2.26. The van der Waals surface area contributed by atoms with Gasteiger partial charge in [0.05, 0.1) is 30.7 Å². The maximum absolute atomic E-state index is 11.7. The Balaban J connectivity index is 1.64. The van der Waals surface area contributed by atoms with E-state index in [0.29, 0.717) is 5.56 Å². The number of nitrogens with zero attached hydrogens (tertiary/aromatic N) is 1. The molecule has 5 nitrogen and oxygen atoms in total. The molecule has 0 radical (unpaired) electrons. The van der Waals surface area contributed by atoms with E-state index < -0.39 is 0 Å². The van der Waals surface area contributed by atoms with Gasteiger partial charge in [0.25, 0.3) is 0 Å². The molecule has 32 heavy (non-hydrogen) atoms. The van der Waals surface area contributed by atoms with Gasteiger partial charge in [-0.25, -0.2) is 4.79 Å². The summed E-state index contributed by atoms with van der Waals surface area (Å²) in [7, 11) is 1.39. The summed E-state index contributed by atoms with van der Waals surface area (Å²) in [5, 5.41) is 7.72. The fraction of sp³-hybridized carbons (Fsp3) is 0.407. The Labute approximate surface area is 190 Å². The number of hydrogen-bond acceptors (Lipinski definition) is 4. The summed E-state index contributed by atoms with van der Waals surface area (Å²) in [6.07, 6.45) is 7.23. The highest BCUT2D eigenvalue weighted by molar-refractivity contribution is 5.89. The van der Waals surface area contributed by atoms with Crippen molar-refractivity contribution in [3.8, 4) is 28.3 Å². The zero-order valence-electron chi connectivity index (χ0n) is 19.2. The Morgan fingerprint density at radius 1 is 1.03 bits per heavy atom. The summed E-state index contributed by atoms with van der Waals surface area (Å²) in [5.74, 6) is 0.671. The Hall–Kier alpha value is -3.08. The van der Waals surface area contributed by atoms with Crippen LogP contribution in [0.5, 0.6) is 5.75 Å². The molecule has 3 aromatic rings. The molecule has 0 saturated heterocycles. The van der Waals surface area contributed by atoms with Gasteiger partial charge in [-0.1, -0.05) is 45.2 Å². The first-order chi connectivity index (χ1) is 15.5. The maximum Gasteiger partial charge on any atom is 0.337 e. The molecule has 0 bridgehead atoms. The fourth-order valence-electron chi connectivity index (χ4n) is 4.62. The molecule has 0 aliphatic heterocycles. The van der Waals surface area contributed by atoms with Gasteiger partial charge in [0.1, 0.15) is 5.75 Å². The van der Waals surface area contributed by atoms with Gasteiger partial charge < -0.3 is 9.47 Å². The van der Waals surface area contributed by atoms with E-state index >= 15 is 0 Å².